The van der Waals surface area contributed by atoms with Crippen LogP contribution >= 0.6 is 0 Å². The molecule has 0 aliphatic carbocycles. The van der Waals surface area contributed by atoms with Gasteiger partial charge in [0.05, 0.1) is 0 Å². The van der Waals surface area contributed by atoms with E-state index in [9.17, 15) is 4.79 Å². The highest BCUT2D eigenvalue weighted by atomic mass is 16.6. The van der Waals surface area contributed by atoms with Gasteiger partial charge in [0.1, 0.15) is 5.60 Å². The summed E-state index contributed by atoms with van der Waals surface area (Å²) in [5, 5.41) is 0. The van der Waals surface area contributed by atoms with Crippen molar-refractivity contribution < 1.29 is 9.53 Å². The third-order valence-electron chi connectivity index (χ3n) is 4.08. The first-order valence-electron chi connectivity index (χ1n) is 8.07. The lowest BCUT2D eigenvalue weighted by Gasteiger charge is -2.33. The summed E-state index contributed by atoms with van der Waals surface area (Å²) in [5.41, 5.74) is 8.98. The Balaban J connectivity index is 1.86. The lowest BCUT2D eigenvalue weighted by Crippen LogP contribution is -2.42. The largest absolute Gasteiger partial charge is 0.444 e. The second-order valence-electron chi connectivity index (χ2n) is 7.32. The first-order chi connectivity index (χ1) is 10.2. The monoisotopic (exact) mass is 304 g/mol. The fourth-order valence-electron chi connectivity index (χ4n) is 2.86. The molecule has 0 radical (unpaired) electrons. The van der Waals surface area contributed by atoms with Gasteiger partial charge in [-0.1, -0.05) is 12.1 Å². The van der Waals surface area contributed by atoms with E-state index in [2.05, 4.69) is 19.1 Å². The normalized spacial score (nSPS) is 16.6. The van der Waals surface area contributed by atoms with E-state index in [1.165, 1.54) is 11.1 Å². The van der Waals surface area contributed by atoms with Crippen LogP contribution in [0.15, 0.2) is 18.2 Å². The molecule has 1 aliphatic heterocycles. The van der Waals surface area contributed by atoms with Gasteiger partial charge < -0.3 is 15.4 Å². The van der Waals surface area contributed by atoms with Gasteiger partial charge in [-0.05, 0) is 70.1 Å². The Bertz CT molecular complexity index is 526. The molecule has 1 amide bonds. The molecule has 0 spiro atoms. The van der Waals surface area contributed by atoms with Crippen molar-refractivity contribution in [2.75, 3.05) is 18.8 Å². The van der Waals surface area contributed by atoms with E-state index in [-0.39, 0.29) is 6.09 Å². The van der Waals surface area contributed by atoms with Gasteiger partial charge >= 0.3 is 6.09 Å². The van der Waals surface area contributed by atoms with Gasteiger partial charge in [0, 0.05) is 18.8 Å². The van der Waals surface area contributed by atoms with Crippen molar-refractivity contribution in [3.05, 3.63) is 29.3 Å². The number of likely N-dealkylation sites (tertiary alicyclic amines) is 1. The highest BCUT2D eigenvalue weighted by molar-refractivity contribution is 5.68. The maximum Gasteiger partial charge on any atom is 0.410 e. The number of amides is 1. The van der Waals surface area contributed by atoms with Crippen LogP contribution < -0.4 is 5.73 Å². The minimum absolute atomic E-state index is 0.194. The van der Waals surface area contributed by atoms with Gasteiger partial charge in [-0.15, -0.1) is 0 Å². The summed E-state index contributed by atoms with van der Waals surface area (Å²) >= 11 is 0. The number of ether oxygens (including phenoxy) is 1. The van der Waals surface area contributed by atoms with E-state index in [0.717, 1.165) is 38.0 Å². The van der Waals surface area contributed by atoms with Crippen molar-refractivity contribution in [3.8, 4) is 0 Å². The molecule has 2 rings (SSSR count). The fourth-order valence-corrected chi connectivity index (χ4v) is 2.86. The van der Waals surface area contributed by atoms with Gasteiger partial charge in [-0.3, -0.25) is 0 Å². The Hall–Kier alpha value is -1.71. The van der Waals surface area contributed by atoms with Gasteiger partial charge in [0.15, 0.2) is 0 Å². The van der Waals surface area contributed by atoms with Crippen LogP contribution in [0.3, 0.4) is 0 Å². The minimum atomic E-state index is -0.426. The lowest BCUT2D eigenvalue weighted by molar-refractivity contribution is 0.0184. The molecule has 1 fully saturated rings. The molecule has 2 N–H and O–H groups in total. The Morgan fingerprint density at radius 3 is 2.50 bits per heavy atom. The first-order valence-corrected chi connectivity index (χ1v) is 8.07. The minimum Gasteiger partial charge on any atom is -0.444 e. The van der Waals surface area contributed by atoms with Gasteiger partial charge in [0.2, 0.25) is 0 Å². The number of hydrogen-bond acceptors (Lipinski definition) is 3. The number of nitrogens with two attached hydrogens (primary N) is 1. The summed E-state index contributed by atoms with van der Waals surface area (Å²) in [7, 11) is 0. The van der Waals surface area contributed by atoms with Crippen LogP contribution in [0.25, 0.3) is 0 Å². The van der Waals surface area contributed by atoms with Crippen molar-refractivity contribution in [2.24, 2.45) is 5.92 Å². The zero-order chi connectivity index (χ0) is 16.3. The average Bonchev–Trinajstić information content (AvgIpc) is 2.41. The Kier molecular flexibility index (Phi) is 4.99. The summed E-state index contributed by atoms with van der Waals surface area (Å²) < 4.78 is 5.43. The Labute approximate surface area is 133 Å². The van der Waals surface area contributed by atoms with E-state index in [1.54, 1.807) is 0 Å². The molecule has 1 aromatic carbocycles. The van der Waals surface area contributed by atoms with Crippen molar-refractivity contribution in [3.63, 3.8) is 0 Å². The standard InChI is InChI=1S/C18H28N2O2/c1-13-5-6-15(16(19)11-13)12-14-7-9-20(10-8-14)17(21)22-18(2,3)4/h5-6,11,14H,7-10,12,19H2,1-4H3. The molecular weight excluding hydrogens is 276 g/mol. The average molecular weight is 304 g/mol. The summed E-state index contributed by atoms with van der Waals surface area (Å²) in [5.74, 6) is 0.587. The number of carbonyl (C=O) groups excluding carboxylic acids is 1. The second-order valence-corrected chi connectivity index (χ2v) is 7.32. The number of hydrogen-bond donors (Lipinski definition) is 1. The molecular formula is C18H28N2O2. The third kappa shape index (κ3) is 4.65. The fraction of sp³-hybridized carbons (Fsp3) is 0.611. The topological polar surface area (TPSA) is 55.6 Å². The number of rotatable bonds is 2. The van der Waals surface area contributed by atoms with E-state index >= 15 is 0 Å². The zero-order valence-electron chi connectivity index (χ0n) is 14.2. The number of benzene rings is 1. The van der Waals surface area contributed by atoms with Crippen LogP contribution in [0.4, 0.5) is 10.5 Å². The smallest absolute Gasteiger partial charge is 0.410 e. The van der Waals surface area contributed by atoms with E-state index in [4.69, 9.17) is 10.5 Å². The highest BCUT2D eigenvalue weighted by Crippen LogP contribution is 2.25. The number of nitrogen functional groups attached to an aromatic ring is 1. The molecule has 122 valence electrons. The lowest BCUT2D eigenvalue weighted by atomic mass is 9.89. The summed E-state index contributed by atoms with van der Waals surface area (Å²) in [6.07, 6.45) is 2.81. The molecule has 1 aliphatic rings. The quantitative estimate of drug-likeness (QED) is 0.846. The van der Waals surface area contributed by atoms with Crippen LogP contribution in [0.2, 0.25) is 0 Å². The number of aryl methyl sites for hydroxylation is 1. The predicted molar refractivity (Wildman–Crippen MR) is 89.8 cm³/mol. The zero-order valence-corrected chi connectivity index (χ0v) is 14.2. The Morgan fingerprint density at radius 1 is 1.32 bits per heavy atom. The number of piperidine rings is 1. The molecule has 22 heavy (non-hydrogen) atoms. The molecule has 1 heterocycles. The van der Waals surface area contributed by atoms with Crippen molar-refractivity contribution >= 4 is 11.8 Å². The van der Waals surface area contributed by atoms with E-state index in [1.807, 2.05) is 31.7 Å². The van der Waals surface area contributed by atoms with E-state index in [0.29, 0.717) is 5.92 Å². The highest BCUT2D eigenvalue weighted by Gasteiger charge is 2.27. The third-order valence-corrected chi connectivity index (χ3v) is 4.08. The van der Waals surface area contributed by atoms with Crippen LogP contribution in [0, 0.1) is 12.8 Å². The number of nitrogens with zero attached hydrogens (tertiary/aromatic N) is 1. The maximum absolute atomic E-state index is 12.1. The molecule has 4 heteroatoms. The number of carbonyl (C=O) groups is 1. The SMILES string of the molecule is Cc1ccc(CC2CCN(C(=O)OC(C)(C)C)CC2)c(N)c1. The summed E-state index contributed by atoms with van der Waals surface area (Å²) in [6, 6.07) is 6.28. The van der Waals surface area contributed by atoms with Crippen LogP contribution in [-0.4, -0.2) is 29.7 Å². The predicted octanol–water partition coefficient (Wildman–Crippen LogP) is 3.77. The van der Waals surface area contributed by atoms with E-state index < -0.39 is 5.60 Å². The maximum atomic E-state index is 12.1. The molecule has 1 saturated heterocycles. The summed E-state index contributed by atoms with van der Waals surface area (Å²) in [4.78, 5) is 13.9. The van der Waals surface area contributed by atoms with Crippen molar-refractivity contribution in [1.29, 1.82) is 0 Å². The van der Waals surface area contributed by atoms with Gasteiger partial charge in [0.25, 0.3) is 0 Å². The van der Waals surface area contributed by atoms with Crippen LogP contribution in [0.5, 0.6) is 0 Å². The first kappa shape index (κ1) is 16.7. The summed E-state index contributed by atoms with van der Waals surface area (Å²) in [6.45, 7) is 9.30. The molecule has 0 aromatic heterocycles. The molecule has 0 atom stereocenters. The van der Waals surface area contributed by atoms with Crippen molar-refractivity contribution in [2.45, 2.75) is 52.6 Å². The molecule has 0 unspecified atom stereocenters. The van der Waals surface area contributed by atoms with Crippen LogP contribution in [-0.2, 0) is 11.2 Å². The molecule has 1 aromatic rings. The second kappa shape index (κ2) is 6.59. The van der Waals surface area contributed by atoms with Gasteiger partial charge in [-0.25, -0.2) is 4.79 Å². The molecule has 0 saturated carbocycles. The van der Waals surface area contributed by atoms with Crippen LogP contribution in [0.1, 0.15) is 44.7 Å². The molecule has 0 bridgehead atoms. The number of anilines is 1. The van der Waals surface area contributed by atoms with Gasteiger partial charge in [-0.2, -0.15) is 0 Å². The Morgan fingerprint density at radius 2 is 1.95 bits per heavy atom. The van der Waals surface area contributed by atoms with Crippen molar-refractivity contribution in [1.82, 2.24) is 4.90 Å². The molecule has 4 nitrogen and oxygen atoms in total.